The lowest BCUT2D eigenvalue weighted by atomic mass is 10.1. The molecule has 0 amide bonds. The van der Waals surface area contributed by atoms with Crippen molar-refractivity contribution >= 4 is 12.3 Å². The zero-order valence-corrected chi connectivity index (χ0v) is 11.4. The van der Waals surface area contributed by atoms with E-state index in [1.165, 1.54) is 6.07 Å². The Kier molecular flexibility index (Phi) is 5.19. The van der Waals surface area contributed by atoms with Crippen molar-refractivity contribution in [1.29, 1.82) is 0 Å². The lowest BCUT2D eigenvalue weighted by Gasteiger charge is -2.09. The molecule has 2 aromatic carbocycles. The molecule has 114 valence electrons. The molecule has 22 heavy (non-hydrogen) atoms. The minimum atomic E-state index is -3.05. The third-order valence-corrected chi connectivity index (χ3v) is 2.80. The zero-order chi connectivity index (χ0) is 15.9. The van der Waals surface area contributed by atoms with Crippen LogP contribution in [-0.4, -0.2) is 18.9 Å². The molecule has 0 bridgehead atoms. The van der Waals surface area contributed by atoms with Crippen molar-refractivity contribution in [2.75, 3.05) is 0 Å². The summed E-state index contributed by atoms with van der Waals surface area (Å²) in [5, 5.41) is 0. The van der Waals surface area contributed by atoms with Gasteiger partial charge in [0.2, 0.25) is 0 Å². The molecule has 0 aliphatic heterocycles. The number of hydrogen-bond acceptors (Lipinski definition) is 4. The van der Waals surface area contributed by atoms with Crippen molar-refractivity contribution in [3.8, 4) is 5.75 Å². The van der Waals surface area contributed by atoms with Gasteiger partial charge in [-0.1, -0.05) is 30.3 Å². The lowest BCUT2D eigenvalue weighted by molar-refractivity contribution is -0.0500. The predicted octanol–water partition coefficient (Wildman–Crippen LogP) is 3.46. The highest BCUT2D eigenvalue weighted by atomic mass is 19.3. The first-order valence-corrected chi connectivity index (χ1v) is 6.35. The van der Waals surface area contributed by atoms with Crippen LogP contribution in [0.15, 0.2) is 48.5 Å². The molecule has 0 saturated carbocycles. The summed E-state index contributed by atoms with van der Waals surface area (Å²) >= 11 is 0. The average Bonchev–Trinajstić information content (AvgIpc) is 2.53. The predicted molar refractivity (Wildman–Crippen MR) is 74.0 cm³/mol. The van der Waals surface area contributed by atoms with Crippen LogP contribution in [0.2, 0.25) is 0 Å². The fourth-order valence-corrected chi connectivity index (χ4v) is 1.78. The fraction of sp³-hybridized carbons (Fsp3) is 0.125. The van der Waals surface area contributed by atoms with E-state index in [0.29, 0.717) is 6.29 Å². The highest BCUT2D eigenvalue weighted by molar-refractivity contribution is 5.92. The smallest absolute Gasteiger partial charge is 0.387 e. The maximum absolute atomic E-state index is 12.2. The minimum Gasteiger partial charge on any atom is -0.457 e. The number of rotatable bonds is 6. The maximum atomic E-state index is 12.2. The van der Waals surface area contributed by atoms with Crippen molar-refractivity contribution in [2.24, 2.45) is 0 Å². The molecule has 0 aromatic heterocycles. The summed E-state index contributed by atoms with van der Waals surface area (Å²) < 4.78 is 33.6. The molecule has 2 aromatic rings. The number of carbonyl (C=O) groups excluding carboxylic acids is 2. The van der Waals surface area contributed by atoms with Gasteiger partial charge in [0.1, 0.15) is 12.4 Å². The Morgan fingerprint density at radius 2 is 1.86 bits per heavy atom. The van der Waals surface area contributed by atoms with E-state index in [4.69, 9.17) is 4.74 Å². The van der Waals surface area contributed by atoms with Gasteiger partial charge in [-0.2, -0.15) is 8.78 Å². The van der Waals surface area contributed by atoms with E-state index in [0.717, 1.165) is 17.7 Å². The van der Waals surface area contributed by atoms with Crippen LogP contribution in [0.1, 0.15) is 26.3 Å². The number of esters is 1. The molecule has 0 spiro atoms. The average molecular weight is 306 g/mol. The first kappa shape index (κ1) is 15.6. The van der Waals surface area contributed by atoms with Gasteiger partial charge in [-0.3, -0.25) is 4.79 Å². The SMILES string of the molecule is O=Cc1cc(C(=O)OCc2ccccc2)ccc1OC(F)F. The number of halogens is 2. The molecule has 0 radical (unpaired) electrons. The standard InChI is InChI=1S/C16H12F2O4/c17-16(18)22-14-7-6-12(8-13(14)9-19)15(20)21-10-11-4-2-1-3-5-11/h1-9,16H,10H2. The molecule has 0 N–H and O–H groups in total. The van der Waals surface area contributed by atoms with Gasteiger partial charge in [0.05, 0.1) is 11.1 Å². The molecule has 0 aliphatic rings. The van der Waals surface area contributed by atoms with Crippen LogP contribution >= 0.6 is 0 Å². The Hall–Kier alpha value is -2.76. The van der Waals surface area contributed by atoms with E-state index in [1.54, 1.807) is 12.1 Å². The molecule has 0 saturated heterocycles. The summed E-state index contributed by atoms with van der Waals surface area (Å²) in [7, 11) is 0. The van der Waals surface area contributed by atoms with Crippen molar-refractivity contribution in [3.63, 3.8) is 0 Å². The van der Waals surface area contributed by atoms with E-state index in [2.05, 4.69) is 4.74 Å². The Bertz CT molecular complexity index is 656. The monoisotopic (exact) mass is 306 g/mol. The Balaban J connectivity index is 2.08. The van der Waals surface area contributed by atoms with Crippen LogP contribution < -0.4 is 4.74 Å². The van der Waals surface area contributed by atoms with E-state index in [1.807, 2.05) is 18.2 Å². The Morgan fingerprint density at radius 1 is 1.14 bits per heavy atom. The molecule has 0 atom stereocenters. The van der Waals surface area contributed by atoms with Crippen molar-refractivity contribution in [2.45, 2.75) is 13.2 Å². The lowest BCUT2D eigenvalue weighted by Crippen LogP contribution is -2.08. The Morgan fingerprint density at radius 3 is 2.50 bits per heavy atom. The van der Waals surface area contributed by atoms with Crippen LogP contribution in [0.5, 0.6) is 5.75 Å². The van der Waals surface area contributed by atoms with Crippen LogP contribution in [0.3, 0.4) is 0 Å². The normalized spacial score (nSPS) is 10.3. The topological polar surface area (TPSA) is 52.6 Å². The third-order valence-electron chi connectivity index (χ3n) is 2.80. The van der Waals surface area contributed by atoms with Crippen LogP contribution in [0, 0.1) is 0 Å². The van der Waals surface area contributed by atoms with Gasteiger partial charge in [0.15, 0.2) is 6.29 Å². The van der Waals surface area contributed by atoms with Crippen molar-refractivity contribution in [1.82, 2.24) is 0 Å². The first-order valence-electron chi connectivity index (χ1n) is 6.35. The number of benzene rings is 2. The van der Waals surface area contributed by atoms with E-state index in [-0.39, 0.29) is 23.5 Å². The van der Waals surface area contributed by atoms with Crippen LogP contribution in [0.4, 0.5) is 8.78 Å². The quantitative estimate of drug-likeness (QED) is 0.606. The first-order chi connectivity index (χ1) is 10.6. The number of hydrogen-bond donors (Lipinski definition) is 0. The molecular weight excluding hydrogens is 294 g/mol. The van der Waals surface area contributed by atoms with Gasteiger partial charge in [-0.05, 0) is 23.8 Å². The van der Waals surface area contributed by atoms with Gasteiger partial charge in [-0.25, -0.2) is 4.79 Å². The summed E-state index contributed by atoms with van der Waals surface area (Å²) in [6.07, 6.45) is 0.339. The minimum absolute atomic E-state index is 0.0748. The summed E-state index contributed by atoms with van der Waals surface area (Å²) in [6.45, 7) is -2.97. The second-order valence-corrected chi connectivity index (χ2v) is 4.31. The molecule has 0 fully saturated rings. The van der Waals surface area contributed by atoms with Gasteiger partial charge in [0.25, 0.3) is 0 Å². The zero-order valence-electron chi connectivity index (χ0n) is 11.4. The molecule has 0 aliphatic carbocycles. The second kappa shape index (κ2) is 7.31. The highest BCUT2D eigenvalue weighted by Crippen LogP contribution is 2.21. The number of alkyl halides is 2. The summed E-state index contributed by atoms with van der Waals surface area (Å²) in [4.78, 5) is 22.8. The summed E-state index contributed by atoms with van der Waals surface area (Å²) in [5.41, 5.74) is 0.748. The Labute approximate surface area is 125 Å². The maximum Gasteiger partial charge on any atom is 0.387 e. The van der Waals surface area contributed by atoms with Crippen molar-refractivity contribution in [3.05, 3.63) is 65.2 Å². The molecular formula is C16H12F2O4. The summed E-state index contributed by atoms with van der Waals surface area (Å²) in [5.74, 6) is -0.944. The third kappa shape index (κ3) is 4.12. The fourth-order valence-electron chi connectivity index (χ4n) is 1.78. The van der Waals surface area contributed by atoms with Crippen LogP contribution in [-0.2, 0) is 11.3 Å². The molecule has 2 rings (SSSR count). The van der Waals surface area contributed by atoms with E-state index < -0.39 is 12.6 Å². The van der Waals surface area contributed by atoms with E-state index >= 15 is 0 Å². The highest BCUT2D eigenvalue weighted by Gasteiger charge is 2.14. The number of carbonyl (C=O) groups is 2. The van der Waals surface area contributed by atoms with Gasteiger partial charge >= 0.3 is 12.6 Å². The summed E-state index contributed by atoms with van der Waals surface area (Å²) in [6, 6.07) is 12.6. The largest absolute Gasteiger partial charge is 0.457 e. The van der Waals surface area contributed by atoms with Gasteiger partial charge in [0, 0.05) is 0 Å². The van der Waals surface area contributed by atoms with Gasteiger partial charge in [-0.15, -0.1) is 0 Å². The van der Waals surface area contributed by atoms with Crippen LogP contribution in [0.25, 0.3) is 0 Å². The van der Waals surface area contributed by atoms with Crippen molar-refractivity contribution < 1.29 is 27.8 Å². The number of aldehydes is 1. The number of ether oxygens (including phenoxy) is 2. The molecule has 0 unspecified atom stereocenters. The van der Waals surface area contributed by atoms with E-state index in [9.17, 15) is 18.4 Å². The molecule has 4 nitrogen and oxygen atoms in total. The molecule has 6 heteroatoms. The molecule has 0 heterocycles. The van der Waals surface area contributed by atoms with Gasteiger partial charge < -0.3 is 9.47 Å². The second-order valence-electron chi connectivity index (χ2n) is 4.31.